The summed E-state index contributed by atoms with van der Waals surface area (Å²) < 4.78 is 13.4. The summed E-state index contributed by atoms with van der Waals surface area (Å²) in [5, 5.41) is 0.112. The molecule has 17 heavy (non-hydrogen) atoms. The predicted octanol–water partition coefficient (Wildman–Crippen LogP) is 2.86. The lowest BCUT2D eigenvalue weighted by Crippen LogP contribution is -1.87. The number of nitrogens with zero attached hydrogens (tertiary/aromatic N) is 1. The number of aromatic nitrogens is 1. The van der Waals surface area contributed by atoms with Gasteiger partial charge in [-0.2, -0.15) is 0 Å². The van der Waals surface area contributed by atoms with Gasteiger partial charge in [-0.1, -0.05) is 23.4 Å². The van der Waals surface area contributed by atoms with Gasteiger partial charge in [-0.25, -0.2) is 9.37 Å². The molecule has 0 saturated heterocycles. The number of pyridine rings is 1. The number of anilines is 1. The Hall–Kier alpha value is -2.05. The third kappa shape index (κ3) is 2.96. The average Bonchev–Trinajstić information content (AvgIpc) is 2.30. The Kier molecular flexibility index (Phi) is 3.27. The van der Waals surface area contributed by atoms with Gasteiger partial charge in [0, 0.05) is 23.5 Å². The third-order valence-electron chi connectivity index (χ3n) is 2.07. The van der Waals surface area contributed by atoms with E-state index < -0.39 is 5.82 Å². The SMILES string of the molecule is Nc1ccc(C#Cc2cnc(Cl)cc2F)cc1. The normalized spacial score (nSPS) is 9.53. The van der Waals surface area contributed by atoms with Crippen LogP contribution in [0.5, 0.6) is 0 Å². The zero-order chi connectivity index (χ0) is 12.3. The molecule has 0 bridgehead atoms. The van der Waals surface area contributed by atoms with E-state index >= 15 is 0 Å². The monoisotopic (exact) mass is 246 g/mol. The summed E-state index contributed by atoms with van der Waals surface area (Å²) in [5.74, 6) is 5.03. The molecule has 2 nitrogen and oxygen atoms in total. The molecule has 0 amide bonds. The maximum absolute atomic E-state index is 13.4. The standard InChI is InChI=1S/C13H8ClFN2/c14-13-7-12(15)10(8-17-13)4-1-9-2-5-11(16)6-3-9/h2-3,5-8H,16H2. The molecule has 0 spiro atoms. The van der Waals surface area contributed by atoms with Crippen molar-refractivity contribution in [3.05, 3.63) is 58.6 Å². The summed E-state index contributed by atoms with van der Waals surface area (Å²) in [6, 6.07) is 8.14. The minimum absolute atomic E-state index is 0.112. The van der Waals surface area contributed by atoms with Crippen molar-refractivity contribution in [1.29, 1.82) is 0 Å². The highest BCUT2D eigenvalue weighted by atomic mass is 35.5. The molecule has 2 rings (SSSR count). The van der Waals surface area contributed by atoms with Crippen LogP contribution in [0, 0.1) is 17.7 Å². The first-order valence-corrected chi connectivity index (χ1v) is 5.21. The van der Waals surface area contributed by atoms with Gasteiger partial charge in [0.05, 0.1) is 5.56 Å². The molecule has 84 valence electrons. The van der Waals surface area contributed by atoms with Crippen molar-refractivity contribution >= 4 is 17.3 Å². The molecule has 4 heteroatoms. The van der Waals surface area contributed by atoms with Gasteiger partial charge in [-0.15, -0.1) is 0 Å². The number of nitrogens with two attached hydrogens (primary N) is 1. The van der Waals surface area contributed by atoms with Crippen LogP contribution in [0.3, 0.4) is 0 Å². The average molecular weight is 247 g/mol. The van der Waals surface area contributed by atoms with E-state index in [1.54, 1.807) is 24.3 Å². The summed E-state index contributed by atoms with van der Waals surface area (Å²) in [4.78, 5) is 3.77. The van der Waals surface area contributed by atoms with Gasteiger partial charge in [0.15, 0.2) is 0 Å². The molecule has 1 heterocycles. The fourth-order valence-electron chi connectivity index (χ4n) is 1.21. The van der Waals surface area contributed by atoms with Gasteiger partial charge in [0.25, 0.3) is 0 Å². The second-order valence-corrected chi connectivity index (χ2v) is 3.75. The van der Waals surface area contributed by atoms with Crippen molar-refractivity contribution in [1.82, 2.24) is 4.98 Å². The van der Waals surface area contributed by atoms with Crippen LogP contribution in [0.1, 0.15) is 11.1 Å². The van der Waals surface area contributed by atoms with Crippen molar-refractivity contribution in [2.45, 2.75) is 0 Å². The lowest BCUT2D eigenvalue weighted by molar-refractivity contribution is 0.622. The predicted molar refractivity (Wildman–Crippen MR) is 66.0 cm³/mol. The van der Waals surface area contributed by atoms with Crippen LogP contribution in [0.25, 0.3) is 0 Å². The maximum Gasteiger partial charge on any atom is 0.143 e. The first-order chi connectivity index (χ1) is 8.15. The topological polar surface area (TPSA) is 38.9 Å². The van der Waals surface area contributed by atoms with Crippen LogP contribution in [-0.4, -0.2) is 4.98 Å². The van der Waals surface area contributed by atoms with Gasteiger partial charge in [0.1, 0.15) is 11.0 Å². The van der Waals surface area contributed by atoms with Gasteiger partial charge in [0.2, 0.25) is 0 Å². The molecule has 0 atom stereocenters. The number of rotatable bonds is 0. The Balaban J connectivity index is 2.29. The fourth-order valence-corrected chi connectivity index (χ4v) is 1.35. The van der Waals surface area contributed by atoms with Crippen LogP contribution in [-0.2, 0) is 0 Å². The van der Waals surface area contributed by atoms with Crippen LogP contribution in [0.2, 0.25) is 5.15 Å². The Bertz CT molecular complexity index is 597. The molecule has 0 fully saturated rings. The Morgan fingerprint density at radius 2 is 1.88 bits per heavy atom. The summed E-state index contributed by atoms with van der Waals surface area (Å²) in [6.45, 7) is 0. The molecule has 1 aromatic carbocycles. The van der Waals surface area contributed by atoms with Crippen LogP contribution in [0.4, 0.5) is 10.1 Å². The zero-order valence-electron chi connectivity index (χ0n) is 8.74. The van der Waals surface area contributed by atoms with E-state index in [4.69, 9.17) is 17.3 Å². The van der Waals surface area contributed by atoms with Crippen molar-refractivity contribution in [2.24, 2.45) is 0 Å². The first kappa shape index (κ1) is 11.4. The highest BCUT2D eigenvalue weighted by Gasteiger charge is 2.00. The zero-order valence-corrected chi connectivity index (χ0v) is 9.50. The summed E-state index contributed by atoms with van der Waals surface area (Å²) in [7, 11) is 0. The lowest BCUT2D eigenvalue weighted by atomic mass is 10.2. The number of nitrogen functional groups attached to an aromatic ring is 1. The fraction of sp³-hybridized carbons (Fsp3) is 0. The number of benzene rings is 1. The summed E-state index contributed by atoms with van der Waals surface area (Å²) >= 11 is 5.54. The molecule has 2 aromatic rings. The Labute approximate surface area is 103 Å². The van der Waals surface area contributed by atoms with Crippen LogP contribution >= 0.6 is 11.6 Å². The molecule has 0 radical (unpaired) electrons. The van der Waals surface area contributed by atoms with E-state index in [2.05, 4.69) is 16.8 Å². The number of hydrogen-bond donors (Lipinski definition) is 1. The molecular formula is C13H8ClFN2. The van der Waals surface area contributed by atoms with Gasteiger partial charge < -0.3 is 5.73 Å². The van der Waals surface area contributed by atoms with Crippen molar-refractivity contribution in [3.8, 4) is 11.8 Å². The molecule has 1 aromatic heterocycles. The molecule has 2 N–H and O–H groups in total. The van der Waals surface area contributed by atoms with E-state index in [0.717, 1.165) is 11.6 Å². The second-order valence-electron chi connectivity index (χ2n) is 3.36. The molecule has 0 aliphatic heterocycles. The molecule has 0 aliphatic carbocycles. The van der Waals surface area contributed by atoms with Crippen LogP contribution in [0.15, 0.2) is 36.5 Å². The number of hydrogen-bond acceptors (Lipinski definition) is 2. The van der Waals surface area contributed by atoms with Gasteiger partial charge in [-0.3, -0.25) is 0 Å². The largest absolute Gasteiger partial charge is 0.399 e. The van der Waals surface area contributed by atoms with Gasteiger partial charge in [-0.05, 0) is 24.3 Å². The molecular weight excluding hydrogens is 239 g/mol. The second kappa shape index (κ2) is 4.86. The van der Waals surface area contributed by atoms with E-state index in [9.17, 15) is 4.39 Å². The van der Waals surface area contributed by atoms with Crippen molar-refractivity contribution in [3.63, 3.8) is 0 Å². The minimum Gasteiger partial charge on any atom is -0.399 e. The summed E-state index contributed by atoms with van der Waals surface area (Å²) in [5.41, 5.74) is 7.18. The van der Waals surface area contributed by atoms with E-state index in [1.165, 1.54) is 6.20 Å². The Morgan fingerprint density at radius 1 is 1.18 bits per heavy atom. The van der Waals surface area contributed by atoms with Crippen molar-refractivity contribution < 1.29 is 4.39 Å². The Morgan fingerprint density at radius 3 is 2.53 bits per heavy atom. The molecule has 0 unspecified atom stereocenters. The van der Waals surface area contributed by atoms with Crippen molar-refractivity contribution in [2.75, 3.05) is 5.73 Å². The highest BCUT2D eigenvalue weighted by Crippen LogP contribution is 2.10. The maximum atomic E-state index is 13.4. The molecule has 0 aliphatic rings. The first-order valence-electron chi connectivity index (χ1n) is 4.84. The van der Waals surface area contributed by atoms with Crippen LogP contribution < -0.4 is 5.73 Å². The lowest BCUT2D eigenvalue weighted by Gasteiger charge is -1.94. The smallest absolute Gasteiger partial charge is 0.143 e. The quantitative estimate of drug-likeness (QED) is 0.441. The van der Waals surface area contributed by atoms with E-state index in [0.29, 0.717) is 5.69 Å². The van der Waals surface area contributed by atoms with Gasteiger partial charge >= 0.3 is 0 Å². The molecule has 0 saturated carbocycles. The summed E-state index contributed by atoms with van der Waals surface area (Å²) in [6.07, 6.45) is 1.31. The number of halogens is 2. The van der Waals surface area contributed by atoms with E-state index in [1.807, 2.05) is 0 Å². The van der Waals surface area contributed by atoms with E-state index in [-0.39, 0.29) is 10.7 Å². The minimum atomic E-state index is -0.479. The third-order valence-corrected chi connectivity index (χ3v) is 2.28. The highest BCUT2D eigenvalue weighted by molar-refractivity contribution is 6.29.